The first kappa shape index (κ1) is 17.1. The summed E-state index contributed by atoms with van der Waals surface area (Å²) in [5.74, 6) is 0.612. The number of nitrogens with one attached hydrogen (secondary N) is 2. The Hall–Kier alpha value is -4.06. The number of amides is 1. The zero-order valence-electron chi connectivity index (χ0n) is 15.7. The first-order valence-corrected chi connectivity index (χ1v) is 9.25. The van der Waals surface area contributed by atoms with E-state index >= 15 is 0 Å². The van der Waals surface area contributed by atoms with Crippen molar-refractivity contribution >= 4 is 33.7 Å². The molecule has 0 unspecified atom stereocenters. The molecule has 0 aliphatic heterocycles. The summed E-state index contributed by atoms with van der Waals surface area (Å²) >= 11 is 0. The molecule has 2 N–H and O–H groups in total. The molecule has 6 nitrogen and oxygen atoms in total. The van der Waals surface area contributed by atoms with E-state index in [0.29, 0.717) is 16.8 Å². The van der Waals surface area contributed by atoms with Crippen LogP contribution in [0, 0.1) is 6.92 Å². The van der Waals surface area contributed by atoms with E-state index in [1.807, 2.05) is 36.4 Å². The zero-order chi connectivity index (χ0) is 19.8. The number of aryl methyl sites for hydroxylation is 1. The van der Waals surface area contributed by atoms with Gasteiger partial charge in [-0.2, -0.15) is 0 Å². The Labute approximate surface area is 166 Å². The Bertz CT molecular complexity index is 1360. The van der Waals surface area contributed by atoms with Crippen LogP contribution in [0.15, 0.2) is 73.1 Å². The molecule has 2 heterocycles. The van der Waals surface area contributed by atoms with Crippen molar-refractivity contribution in [3.8, 4) is 11.4 Å². The van der Waals surface area contributed by atoms with Gasteiger partial charge in [-0.1, -0.05) is 6.07 Å². The fourth-order valence-electron chi connectivity index (χ4n) is 3.28. The van der Waals surface area contributed by atoms with Gasteiger partial charge < -0.3 is 10.3 Å². The highest BCUT2D eigenvalue weighted by Crippen LogP contribution is 2.23. The van der Waals surface area contributed by atoms with E-state index in [9.17, 15) is 4.79 Å². The molecule has 3 aromatic carbocycles. The predicted molar refractivity (Wildman–Crippen MR) is 114 cm³/mol. The molecule has 0 radical (unpaired) electrons. The molecule has 0 aliphatic carbocycles. The molecule has 0 spiro atoms. The maximum atomic E-state index is 12.6. The molecule has 5 aromatic rings. The van der Waals surface area contributed by atoms with Crippen LogP contribution in [0.3, 0.4) is 0 Å². The normalized spacial score (nSPS) is 11.1. The van der Waals surface area contributed by atoms with Crippen LogP contribution in [0.25, 0.3) is 33.5 Å². The second kappa shape index (κ2) is 6.83. The molecule has 0 bridgehead atoms. The maximum Gasteiger partial charge on any atom is 0.255 e. The van der Waals surface area contributed by atoms with Crippen molar-refractivity contribution in [2.45, 2.75) is 6.92 Å². The first-order chi connectivity index (χ1) is 14.2. The summed E-state index contributed by atoms with van der Waals surface area (Å²) in [5, 5.41) is 2.92. The minimum atomic E-state index is -0.190. The number of fused-ring (bicyclic) bond motifs is 2. The lowest BCUT2D eigenvalue weighted by Crippen LogP contribution is -2.11. The summed E-state index contributed by atoms with van der Waals surface area (Å²) in [6.45, 7) is 2.06. The van der Waals surface area contributed by atoms with Crippen LogP contribution in [0.2, 0.25) is 0 Å². The third kappa shape index (κ3) is 3.32. The number of carbonyl (C=O) groups excluding carboxylic acids is 1. The van der Waals surface area contributed by atoms with Gasteiger partial charge in [-0.15, -0.1) is 0 Å². The Morgan fingerprint density at radius 1 is 0.862 bits per heavy atom. The van der Waals surface area contributed by atoms with Crippen LogP contribution < -0.4 is 5.32 Å². The van der Waals surface area contributed by atoms with E-state index in [1.54, 1.807) is 30.6 Å². The number of rotatable bonds is 3. The smallest absolute Gasteiger partial charge is 0.255 e. The molecule has 140 valence electrons. The highest BCUT2D eigenvalue weighted by atomic mass is 16.1. The summed E-state index contributed by atoms with van der Waals surface area (Å²) in [6.07, 6.45) is 3.24. The van der Waals surface area contributed by atoms with Gasteiger partial charge in [0.1, 0.15) is 5.82 Å². The van der Waals surface area contributed by atoms with Crippen LogP contribution in [0.1, 0.15) is 15.9 Å². The lowest BCUT2D eigenvalue weighted by Gasteiger charge is -2.06. The van der Waals surface area contributed by atoms with Crippen molar-refractivity contribution in [1.29, 1.82) is 0 Å². The summed E-state index contributed by atoms with van der Waals surface area (Å²) < 4.78 is 0. The largest absolute Gasteiger partial charge is 0.338 e. The third-order valence-electron chi connectivity index (χ3n) is 4.79. The number of nitrogens with zero attached hydrogens (tertiary/aromatic N) is 3. The molecule has 29 heavy (non-hydrogen) atoms. The SMILES string of the molecule is Cc1ccc2nc(-c3ccc(NC(=O)c4ccc5nccnc5c4)cc3)[nH]c2c1. The molecular weight excluding hydrogens is 362 g/mol. The van der Waals surface area contributed by atoms with E-state index in [4.69, 9.17) is 0 Å². The minimum absolute atomic E-state index is 0.190. The number of imidazole rings is 1. The molecule has 2 aromatic heterocycles. The summed E-state index contributed by atoms with van der Waals surface area (Å²) in [7, 11) is 0. The van der Waals surface area contributed by atoms with Crippen molar-refractivity contribution in [3.63, 3.8) is 0 Å². The standard InChI is InChI=1S/C23H17N5O/c1-14-2-8-19-21(12-14)28-22(27-19)15-3-6-17(7-4-15)26-23(29)16-5-9-18-20(13-16)25-11-10-24-18/h2-13H,1H3,(H,26,29)(H,27,28). The van der Waals surface area contributed by atoms with E-state index in [1.165, 1.54) is 5.56 Å². The van der Waals surface area contributed by atoms with Gasteiger partial charge in [-0.25, -0.2) is 4.98 Å². The van der Waals surface area contributed by atoms with Crippen molar-refractivity contribution in [2.75, 3.05) is 5.32 Å². The van der Waals surface area contributed by atoms with Gasteiger partial charge in [0, 0.05) is 29.2 Å². The lowest BCUT2D eigenvalue weighted by atomic mass is 10.1. The van der Waals surface area contributed by atoms with Crippen molar-refractivity contribution in [1.82, 2.24) is 19.9 Å². The number of H-pyrrole nitrogens is 1. The van der Waals surface area contributed by atoms with Crippen LogP contribution in [0.5, 0.6) is 0 Å². The minimum Gasteiger partial charge on any atom is -0.338 e. The second-order valence-corrected chi connectivity index (χ2v) is 6.90. The van der Waals surface area contributed by atoms with Crippen LogP contribution in [-0.2, 0) is 0 Å². The van der Waals surface area contributed by atoms with Gasteiger partial charge in [0.2, 0.25) is 0 Å². The number of hydrogen-bond acceptors (Lipinski definition) is 4. The Kier molecular flexibility index (Phi) is 4.02. The van der Waals surface area contributed by atoms with E-state index < -0.39 is 0 Å². The highest BCUT2D eigenvalue weighted by Gasteiger charge is 2.09. The fourth-order valence-corrected chi connectivity index (χ4v) is 3.28. The molecule has 0 atom stereocenters. The van der Waals surface area contributed by atoms with Crippen LogP contribution in [-0.4, -0.2) is 25.8 Å². The number of hydrogen-bond donors (Lipinski definition) is 2. The molecule has 5 rings (SSSR count). The summed E-state index contributed by atoms with van der Waals surface area (Å²) in [4.78, 5) is 29.0. The summed E-state index contributed by atoms with van der Waals surface area (Å²) in [6, 6.07) is 19.0. The molecule has 0 aliphatic rings. The number of carbonyl (C=O) groups is 1. The molecule has 1 amide bonds. The molecule has 6 heteroatoms. The van der Waals surface area contributed by atoms with E-state index in [-0.39, 0.29) is 5.91 Å². The maximum absolute atomic E-state index is 12.6. The number of aromatic amines is 1. The van der Waals surface area contributed by atoms with Gasteiger partial charge in [-0.05, 0) is 67.1 Å². The van der Waals surface area contributed by atoms with Crippen LogP contribution in [0.4, 0.5) is 5.69 Å². The second-order valence-electron chi connectivity index (χ2n) is 6.90. The zero-order valence-corrected chi connectivity index (χ0v) is 15.7. The van der Waals surface area contributed by atoms with E-state index in [0.717, 1.165) is 27.9 Å². The first-order valence-electron chi connectivity index (χ1n) is 9.25. The number of benzene rings is 3. The fraction of sp³-hybridized carbons (Fsp3) is 0.0435. The molecule has 0 saturated heterocycles. The quantitative estimate of drug-likeness (QED) is 0.474. The topological polar surface area (TPSA) is 83.6 Å². The molecule has 0 fully saturated rings. The van der Waals surface area contributed by atoms with Crippen molar-refractivity contribution in [2.24, 2.45) is 0 Å². The van der Waals surface area contributed by atoms with E-state index in [2.05, 4.69) is 38.2 Å². The van der Waals surface area contributed by atoms with Crippen molar-refractivity contribution < 1.29 is 4.79 Å². The molecular formula is C23H17N5O. The van der Waals surface area contributed by atoms with Gasteiger partial charge in [0.05, 0.1) is 22.1 Å². The molecule has 0 saturated carbocycles. The highest BCUT2D eigenvalue weighted by molar-refractivity contribution is 6.05. The summed E-state index contributed by atoms with van der Waals surface area (Å²) in [5.41, 5.74) is 6.78. The predicted octanol–water partition coefficient (Wildman–Crippen LogP) is 4.73. The average Bonchev–Trinajstić information content (AvgIpc) is 3.17. The van der Waals surface area contributed by atoms with Gasteiger partial charge in [0.25, 0.3) is 5.91 Å². The third-order valence-corrected chi connectivity index (χ3v) is 4.79. The van der Waals surface area contributed by atoms with Gasteiger partial charge >= 0.3 is 0 Å². The van der Waals surface area contributed by atoms with Crippen LogP contribution >= 0.6 is 0 Å². The lowest BCUT2D eigenvalue weighted by molar-refractivity contribution is 0.102. The average molecular weight is 379 g/mol. The Morgan fingerprint density at radius 3 is 2.45 bits per heavy atom. The monoisotopic (exact) mass is 379 g/mol. The van der Waals surface area contributed by atoms with Gasteiger partial charge in [0.15, 0.2) is 0 Å². The van der Waals surface area contributed by atoms with Gasteiger partial charge in [-0.3, -0.25) is 14.8 Å². The Morgan fingerprint density at radius 2 is 1.62 bits per heavy atom. The number of anilines is 1. The van der Waals surface area contributed by atoms with Crippen molar-refractivity contribution in [3.05, 3.63) is 84.2 Å². The Balaban J connectivity index is 1.37. The number of aromatic nitrogens is 4.